The highest BCUT2D eigenvalue weighted by atomic mass is 32.2. The van der Waals surface area contributed by atoms with Crippen LogP contribution in [0.4, 0.5) is 5.69 Å². The van der Waals surface area contributed by atoms with E-state index in [1.165, 1.54) is 39.9 Å². The lowest BCUT2D eigenvalue weighted by molar-refractivity contribution is -0.119. The Balaban J connectivity index is 1.55. The van der Waals surface area contributed by atoms with Crippen molar-refractivity contribution in [2.45, 2.75) is 17.7 Å². The van der Waals surface area contributed by atoms with Gasteiger partial charge in [0.25, 0.3) is 5.91 Å². The molecule has 1 amide bonds. The van der Waals surface area contributed by atoms with E-state index in [0.717, 1.165) is 12.8 Å². The zero-order chi connectivity index (χ0) is 18.6. The highest BCUT2D eigenvalue weighted by molar-refractivity contribution is 7.89. The second-order valence-corrected chi connectivity index (χ2v) is 8.62. The monoisotopic (exact) mass is 394 g/mol. The molecule has 0 radical (unpaired) electrons. The maximum absolute atomic E-state index is 12.4. The largest absolute Gasteiger partial charge is 0.451 e. The maximum atomic E-state index is 12.4. The SMILES string of the molecule is O=C(COC(=O)c1cccs1)Nc1ccc(S(=O)(=O)N2CCCC2)cc1. The summed E-state index contributed by atoms with van der Waals surface area (Å²) >= 11 is 1.23. The number of anilines is 1. The Morgan fingerprint density at radius 3 is 2.42 bits per heavy atom. The quantitative estimate of drug-likeness (QED) is 0.759. The molecule has 0 saturated carbocycles. The second kappa shape index (κ2) is 7.98. The van der Waals surface area contributed by atoms with Crippen LogP contribution in [0, 0.1) is 0 Å². The number of hydrogen-bond acceptors (Lipinski definition) is 6. The van der Waals surface area contributed by atoms with Gasteiger partial charge in [-0.15, -0.1) is 11.3 Å². The molecule has 3 rings (SSSR count). The number of thiophene rings is 1. The summed E-state index contributed by atoms with van der Waals surface area (Å²) in [5.41, 5.74) is 0.433. The van der Waals surface area contributed by atoms with Gasteiger partial charge in [-0.3, -0.25) is 4.79 Å². The van der Waals surface area contributed by atoms with Crippen LogP contribution in [0.2, 0.25) is 0 Å². The van der Waals surface area contributed by atoms with Crippen LogP contribution in [-0.2, 0) is 19.6 Å². The number of nitrogens with one attached hydrogen (secondary N) is 1. The first kappa shape index (κ1) is 18.6. The first-order chi connectivity index (χ1) is 12.5. The minimum atomic E-state index is -3.48. The summed E-state index contributed by atoms with van der Waals surface area (Å²) in [7, 11) is -3.48. The molecular weight excluding hydrogens is 376 g/mol. The van der Waals surface area contributed by atoms with E-state index in [4.69, 9.17) is 4.74 Å². The summed E-state index contributed by atoms with van der Waals surface area (Å²) in [6, 6.07) is 9.29. The van der Waals surface area contributed by atoms with Gasteiger partial charge in [-0.1, -0.05) is 6.07 Å². The fraction of sp³-hybridized carbons (Fsp3) is 0.294. The van der Waals surface area contributed by atoms with Gasteiger partial charge in [0.15, 0.2) is 6.61 Å². The Kier molecular flexibility index (Phi) is 5.70. The molecule has 9 heteroatoms. The number of ether oxygens (including phenoxy) is 1. The second-order valence-electron chi connectivity index (χ2n) is 5.74. The summed E-state index contributed by atoms with van der Waals surface area (Å²) in [6.45, 7) is 0.664. The molecule has 0 unspecified atom stereocenters. The molecule has 138 valence electrons. The molecule has 0 atom stereocenters. The number of sulfonamides is 1. The summed E-state index contributed by atoms with van der Waals surface area (Å²) in [4.78, 5) is 24.2. The third kappa shape index (κ3) is 4.29. The van der Waals surface area contributed by atoms with Crippen molar-refractivity contribution >= 4 is 38.9 Å². The summed E-state index contributed by atoms with van der Waals surface area (Å²) in [5, 5.41) is 4.31. The van der Waals surface area contributed by atoms with Crippen molar-refractivity contribution in [2.75, 3.05) is 25.0 Å². The molecule has 1 fully saturated rings. The fourth-order valence-corrected chi connectivity index (χ4v) is 4.71. The number of hydrogen-bond donors (Lipinski definition) is 1. The minimum absolute atomic E-state index is 0.196. The highest BCUT2D eigenvalue weighted by Gasteiger charge is 2.26. The molecular formula is C17H18N2O5S2. The third-order valence-corrected chi connectivity index (χ3v) is 6.66. The van der Waals surface area contributed by atoms with E-state index in [0.29, 0.717) is 23.7 Å². The molecule has 1 aliphatic rings. The Morgan fingerprint density at radius 2 is 1.81 bits per heavy atom. The molecule has 1 N–H and O–H groups in total. The van der Waals surface area contributed by atoms with Crippen LogP contribution in [0.1, 0.15) is 22.5 Å². The van der Waals surface area contributed by atoms with Crippen molar-refractivity contribution in [3.8, 4) is 0 Å². The number of amides is 1. The predicted octanol–water partition coefficient (Wildman–Crippen LogP) is 2.33. The van der Waals surface area contributed by atoms with E-state index in [-0.39, 0.29) is 4.90 Å². The van der Waals surface area contributed by atoms with E-state index >= 15 is 0 Å². The van der Waals surface area contributed by atoms with Crippen LogP contribution in [-0.4, -0.2) is 44.3 Å². The van der Waals surface area contributed by atoms with E-state index in [1.807, 2.05) is 0 Å². The fourth-order valence-electron chi connectivity index (χ4n) is 2.58. The molecule has 0 aliphatic carbocycles. The number of carbonyl (C=O) groups excluding carboxylic acids is 2. The van der Waals surface area contributed by atoms with Gasteiger partial charge >= 0.3 is 5.97 Å². The standard InChI is InChI=1S/C17H18N2O5S2/c20-16(12-24-17(21)15-4-3-11-25-15)18-13-5-7-14(8-6-13)26(22,23)19-9-1-2-10-19/h3-8,11H,1-2,9-10,12H2,(H,18,20). The molecule has 0 spiro atoms. The molecule has 1 saturated heterocycles. The van der Waals surface area contributed by atoms with Crippen molar-refractivity contribution in [1.82, 2.24) is 4.31 Å². The highest BCUT2D eigenvalue weighted by Crippen LogP contribution is 2.22. The summed E-state index contributed by atoms with van der Waals surface area (Å²) < 4.78 is 31.3. The Hall–Kier alpha value is -2.23. The lowest BCUT2D eigenvalue weighted by Crippen LogP contribution is -2.27. The molecule has 1 aromatic carbocycles. The van der Waals surface area contributed by atoms with Gasteiger partial charge in [-0.25, -0.2) is 13.2 Å². The van der Waals surface area contributed by atoms with E-state index in [1.54, 1.807) is 17.5 Å². The average molecular weight is 394 g/mol. The molecule has 1 aliphatic heterocycles. The van der Waals surface area contributed by atoms with Crippen LogP contribution in [0.25, 0.3) is 0 Å². The van der Waals surface area contributed by atoms with Crippen molar-refractivity contribution in [2.24, 2.45) is 0 Å². The van der Waals surface area contributed by atoms with Crippen LogP contribution in [0.5, 0.6) is 0 Å². The first-order valence-corrected chi connectivity index (χ1v) is 10.4. The van der Waals surface area contributed by atoms with Gasteiger partial charge in [0.05, 0.1) is 4.90 Å². The number of nitrogens with zero attached hydrogens (tertiary/aromatic N) is 1. The predicted molar refractivity (Wildman–Crippen MR) is 97.7 cm³/mol. The molecule has 7 nitrogen and oxygen atoms in total. The van der Waals surface area contributed by atoms with Crippen molar-refractivity contribution in [1.29, 1.82) is 0 Å². The van der Waals surface area contributed by atoms with Gasteiger partial charge in [0.1, 0.15) is 4.88 Å². The normalized spacial score (nSPS) is 14.9. The van der Waals surface area contributed by atoms with Crippen LogP contribution in [0.15, 0.2) is 46.7 Å². The van der Waals surface area contributed by atoms with Gasteiger partial charge < -0.3 is 10.1 Å². The number of carbonyl (C=O) groups is 2. The van der Waals surface area contributed by atoms with E-state index in [2.05, 4.69) is 5.32 Å². The van der Waals surface area contributed by atoms with E-state index < -0.39 is 28.5 Å². The number of benzene rings is 1. The molecule has 0 bridgehead atoms. The lowest BCUT2D eigenvalue weighted by atomic mass is 10.3. The number of esters is 1. The van der Waals surface area contributed by atoms with Gasteiger partial charge in [-0.2, -0.15) is 4.31 Å². The average Bonchev–Trinajstić information content (AvgIpc) is 3.33. The zero-order valence-electron chi connectivity index (χ0n) is 13.9. The van der Waals surface area contributed by atoms with Crippen LogP contribution >= 0.6 is 11.3 Å². The maximum Gasteiger partial charge on any atom is 0.348 e. The third-order valence-electron chi connectivity index (χ3n) is 3.90. The minimum Gasteiger partial charge on any atom is -0.451 e. The Bertz CT molecular complexity index is 870. The first-order valence-electron chi connectivity index (χ1n) is 8.07. The summed E-state index contributed by atoms with van der Waals surface area (Å²) in [6.07, 6.45) is 1.75. The molecule has 2 heterocycles. The molecule has 2 aromatic rings. The Morgan fingerprint density at radius 1 is 1.12 bits per heavy atom. The lowest BCUT2D eigenvalue weighted by Gasteiger charge is -2.15. The van der Waals surface area contributed by atoms with Crippen molar-refractivity contribution < 1.29 is 22.7 Å². The molecule has 1 aromatic heterocycles. The topological polar surface area (TPSA) is 92.8 Å². The van der Waals surface area contributed by atoms with Gasteiger partial charge in [0, 0.05) is 18.8 Å². The van der Waals surface area contributed by atoms with Crippen molar-refractivity contribution in [3.05, 3.63) is 46.7 Å². The molecule has 26 heavy (non-hydrogen) atoms. The Labute approximate surface area is 155 Å². The summed E-state index contributed by atoms with van der Waals surface area (Å²) in [5.74, 6) is -1.05. The van der Waals surface area contributed by atoms with Crippen LogP contribution < -0.4 is 5.32 Å². The van der Waals surface area contributed by atoms with Crippen LogP contribution in [0.3, 0.4) is 0 Å². The van der Waals surface area contributed by atoms with E-state index in [9.17, 15) is 18.0 Å². The zero-order valence-corrected chi connectivity index (χ0v) is 15.5. The van der Waals surface area contributed by atoms with Crippen molar-refractivity contribution in [3.63, 3.8) is 0 Å². The van der Waals surface area contributed by atoms with Gasteiger partial charge in [-0.05, 0) is 48.6 Å². The smallest absolute Gasteiger partial charge is 0.348 e. The van der Waals surface area contributed by atoms with Gasteiger partial charge in [0.2, 0.25) is 10.0 Å². The number of rotatable bonds is 6.